The number of hydrogen-bond donors (Lipinski definition) is 1. The van der Waals surface area contributed by atoms with Gasteiger partial charge in [-0.15, -0.1) is 0 Å². The molecule has 0 aliphatic carbocycles. The molecule has 0 radical (unpaired) electrons. The van der Waals surface area contributed by atoms with Crippen LogP contribution in [-0.2, 0) is 14.8 Å². The number of rotatable bonds is 7. The Morgan fingerprint density at radius 3 is 2.45 bits per heavy atom. The number of carbonyl (C=O) groups is 1. The molecule has 1 aliphatic heterocycles. The van der Waals surface area contributed by atoms with Crippen molar-refractivity contribution < 1.29 is 22.7 Å². The molecule has 3 rings (SSSR count). The summed E-state index contributed by atoms with van der Waals surface area (Å²) >= 11 is 0. The minimum Gasteiger partial charge on any atom is -0.491 e. The van der Waals surface area contributed by atoms with Gasteiger partial charge in [-0.3, -0.25) is 4.98 Å². The van der Waals surface area contributed by atoms with Crippen molar-refractivity contribution in [3.63, 3.8) is 0 Å². The van der Waals surface area contributed by atoms with Gasteiger partial charge < -0.3 is 19.7 Å². The Morgan fingerprint density at radius 2 is 1.83 bits per heavy atom. The molecule has 2 heterocycles. The van der Waals surface area contributed by atoms with E-state index in [1.807, 2.05) is 0 Å². The molecule has 2 amide bonds. The molecule has 29 heavy (non-hydrogen) atoms. The van der Waals surface area contributed by atoms with E-state index in [0.717, 1.165) is 0 Å². The van der Waals surface area contributed by atoms with Crippen molar-refractivity contribution in [2.24, 2.45) is 0 Å². The first kappa shape index (κ1) is 21.0. The van der Waals surface area contributed by atoms with E-state index in [4.69, 9.17) is 9.47 Å². The van der Waals surface area contributed by atoms with Crippen molar-refractivity contribution >= 4 is 21.7 Å². The summed E-state index contributed by atoms with van der Waals surface area (Å²) in [5, 5.41) is 2.82. The van der Waals surface area contributed by atoms with Crippen LogP contribution in [0.25, 0.3) is 0 Å². The molecule has 10 heteroatoms. The average molecular weight is 420 g/mol. The molecule has 0 bridgehead atoms. The van der Waals surface area contributed by atoms with E-state index in [0.29, 0.717) is 37.7 Å². The molecule has 0 saturated carbocycles. The third-order valence-corrected chi connectivity index (χ3v) is 6.34. The zero-order valence-electron chi connectivity index (χ0n) is 16.2. The Balaban J connectivity index is 1.51. The highest BCUT2D eigenvalue weighted by Gasteiger charge is 2.30. The predicted octanol–water partition coefficient (Wildman–Crippen LogP) is 1.65. The van der Waals surface area contributed by atoms with Gasteiger partial charge in [-0.25, -0.2) is 13.2 Å². The number of urea groups is 1. The molecular formula is C19H24N4O5S. The van der Waals surface area contributed by atoms with Gasteiger partial charge in [0.05, 0.1) is 6.61 Å². The highest BCUT2D eigenvalue weighted by molar-refractivity contribution is 7.89. The monoisotopic (exact) mass is 420 g/mol. The second kappa shape index (κ2) is 9.68. The van der Waals surface area contributed by atoms with E-state index < -0.39 is 10.0 Å². The lowest BCUT2D eigenvalue weighted by Gasteiger charge is -2.33. The molecule has 0 unspecified atom stereocenters. The van der Waals surface area contributed by atoms with Crippen LogP contribution in [0.2, 0.25) is 0 Å². The number of sulfonamides is 1. The van der Waals surface area contributed by atoms with Crippen LogP contribution >= 0.6 is 0 Å². The Kier molecular flexibility index (Phi) is 7.02. The van der Waals surface area contributed by atoms with Crippen molar-refractivity contribution in [3.8, 4) is 5.75 Å². The highest BCUT2D eigenvalue weighted by atomic mass is 32.2. The molecule has 9 nitrogen and oxygen atoms in total. The van der Waals surface area contributed by atoms with E-state index in [-0.39, 0.29) is 24.0 Å². The van der Waals surface area contributed by atoms with Crippen LogP contribution < -0.4 is 10.1 Å². The average Bonchev–Trinajstić information content (AvgIpc) is 2.76. The zero-order valence-corrected chi connectivity index (χ0v) is 17.0. The van der Waals surface area contributed by atoms with Crippen molar-refractivity contribution in [2.45, 2.75) is 4.90 Å². The molecule has 0 atom stereocenters. The van der Waals surface area contributed by atoms with Crippen LogP contribution in [0.15, 0.2) is 53.7 Å². The van der Waals surface area contributed by atoms with Crippen molar-refractivity contribution in [1.82, 2.24) is 14.2 Å². The maximum atomic E-state index is 12.6. The Bertz CT molecular complexity index is 898. The summed E-state index contributed by atoms with van der Waals surface area (Å²) in [5.41, 5.74) is 0.638. The molecule has 1 aliphatic rings. The number of piperazine rings is 1. The smallest absolute Gasteiger partial charge is 0.321 e. The molecule has 156 valence electrons. The Hall–Kier alpha value is -2.69. The second-order valence-corrected chi connectivity index (χ2v) is 8.31. The number of hydrogen-bond acceptors (Lipinski definition) is 6. The number of anilines is 1. The molecule has 1 fully saturated rings. The molecule has 1 N–H and O–H groups in total. The maximum absolute atomic E-state index is 12.6. The largest absolute Gasteiger partial charge is 0.491 e. The minimum absolute atomic E-state index is 0.158. The van der Waals surface area contributed by atoms with Crippen molar-refractivity contribution in [1.29, 1.82) is 0 Å². The standard InChI is InChI=1S/C19H24N4O5S/c1-27-13-14-28-17-6-4-16(5-7-17)21-19(24)22-9-11-23(12-10-22)29(25,26)18-3-2-8-20-15-18/h2-8,15H,9-14H2,1H3,(H,21,24). The summed E-state index contributed by atoms with van der Waals surface area (Å²) in [6, 6.07) is 9.88. The molecule has 0 spiro atoms. The number of amides is 2. The third kappa shape index (κ3) is 5.43. The lowest BCUT2D eigenvalue weighted by atomic mass is 10.3. The predicted molar refractivity (Wildman–Crippen MR) is 107 cm³/mol. The van der Waals surface area contributed by atoms with Gasteiger partial charge in [0.15, 0.2) is 0 Å². The van der Waals surface area contributed by atoms with Crippen LogP contribution in [0.1, 0.15) is 0 Å². The summed E-state index contributed by atoms with van der Waals surface area (Å²) in [6.45, 7) is 2.04. The van der Waals surface area contributed by atoms with Crippen LogP contribution in [-0.4, -0.2) is 75.1 Å². The van der Waals surface area contributed by atoms with Crippen LogP contribution in [0, 0.1) is 0 Å². The normalized spacial score (nSPS) is 15.1. The van der Waals surface area contributed by atoms with E-state index in [9.17, 15) is 13.2 Å². The minimum atomic E-state index is -3.59. The summed E-state index contributed by atoms with van der Waals surface area (Å²) < 4.78 is 37.0. The number of nitrogens with zero attached hydrogens (tertiary/aromatic N) is 3. The third-order valence-electron chi connectivity index (χ3n) is 4.46. The number of methoxy groups -OCH3 is 1. The fraction of sp³-hybridized carbons (Fsp3) is 0.368. The number of pyridine rings is 1. The molecule has 2 aromatic rings. The van der Waals surface area contributed by atoms with Crippen LogP contribution in [0.3, 0.4) is 0 Å². The maximum Gasteiger partial charge on any atom is 0.321 e. The number of aromatic nitrogens is 1. The molecule has 1 aromatic carbocycles. The van der Waals surface area contributed by atoms with Gasteiger partial charge >= 0.3 is 6.03 Å². The first-order valence-electron chi connectivity index (χ1n) is 9.18. The lowest BCUT2D eigenvalue weighted by molar-refractivity contribution is 0.146. The van der Waals surface area contributed by atoms with Gasteiger partial charge in [0.1, 0.15) is 17.3 Å². The summed E-state index contributed by atoms with van der Waals surface area (Å²) in [7, 11) is -1.99. The van der Waals surface area contributed by atoms with Crippen molar-refractivity contribution in [3.05, 3.63) is 48.8 Å². The number of carbonyl (C=O) groups excluding carboxylic acids is 1. The van der Waals surface area contributed by atoms with Gasteiger partial charge in [-0.2, -0.15) is 4.31 Å². The fourth-order valence-electron chi connectivity index (χ4n) is 2.86. The number of nitrogens with one attached hydrogen (secondary N) is 1. The molecule has 1 saturated heterocycles. The van der Waals surface area contributed by atoms with Gasteiger partial charge in [0.25, 0.3) is 0 Å². The van der Waals surface area contributed by atoms with Gasteiger partial charge in [-0.1, -0.05) is 0 Å². The molecule has 1 aromatic heterocycles. The summed E-state index contributed by atoms with van der Waals surface area (Å²) in [6.07, 6.45) is 2.86. The lowest BCUT2D eigenvalue weighted by Crippen LogP contribution is -2.51. The molecular weight excluding hydrogens is 396 g/mol. The van der Waals surface area contributed by atoms with E-state index >= 15 is 0 Å². The topological polar surface area (TPSA) is 101 Å². The Labute approximate surface area is 170 Å². The first-order valence-corrected chi connectivity index (χ1v) is 10.6. The van der Waals surface area contributed by atoms with Crippen LogP contribution in [0.4, 0.5) is 10.5 Å². The van der Waals surface area contributed by atoms with Gasteiger partial charge in [-0.05, 0) is 36.4 Å². The first-order chi connectivity index (χ1) is 14.0. The Morgan fingerprint density at radius 1 is 1.10 bits per heavy atom. The fourth-order valence-corrected chi connectivity index (χ4v) is 4.25. The van der Waals surface area contributed by atoms with Crippen molar-refractivity contribution in [2.75, 3.05) is 51.8 Å². The SMILES string of the molecule is COCCOc1ccc(NC(=O)N2CCN(S(=O)(=O)c3cccnc3)CC2)cc1. The van der Waals surface area contributed by atoms with E-state index in [1.54, 1.807) is 42.3 Å². The number of ether oxygens (including phenoxy) is 2. The van der Waals surface area contributed by atoms with E-state index in [2.05, 4.69) is 10.3 Å². The summed E-state index contributed by atoms with van der Waals surface area (Å²) in [5.74, 6) is 0.689. The van der Waals surface area contributed by atoms with E-state index in [1.165, 1.54) is 22.8 Å². The van der Waals surface area contributed by atoms with Gasteiger partial charge in [0.2, 0.25) is 10.0 Å². The summed E-state index contributed by atoms with van der Waals surface area (Å²) in [4.78, 5) is 18.1. The second-order valence-electron chi connectivity index (χ2n) is 6.38. The van der Waals surface area contributed by atoms with Gasteiger partial charge in [0, 0.05) is 51.4 Å². The highest BCUT2D eigenvalue weighted by Crippen LogP contribution is 2.18. The number of benzene rings is 1. The quantitative estimate of drug-likeness (QED) is 0.684. The zero-order chi connectivity index (χ0) is 20.7. The van der Waals surface area contributed by atoms with Crippen LogP contribution in [0.5, 0.6) is 5.75 Å².